The third kappa shape index (κ3) is 6.10. The highest BCUT2D eigenvalue weighted by molar-refractivity contribution is 5.98. The van der Waals surface area contributed by atoms with Crippen molar-refractivity contribution >= 4 is 17.7 Å². The van der Waals surface area contributed by atoms with Crippen LogP contribution >= 0.6 is 0 Å². The molecule has 0 bridgehead atoms. The maximum absolute atomic E-state index is 13.9. The summed E-state index contributed by atoms with van der Waals surface area (Å²) in [4.78, 5) is 47.8. The van der Waals surface area contributed by atoms with Crippen LogP contribution in [0.2, 0.25) is 0 Å². The van der Waals surface area contributed by atoms with Crippen LogP contribution in [0.5, 0.6) is 5.75 Å². The molecule has 0 saturated carbocycles. The van der Waals surface area contributed by atoms with Crippen LogP contribution in [0.4, 0.5) is 0 Å². The summed E-state index contributed by atoms with van der Waals surface area (Å²) in [6, 6.07) is 11.6. The summed E-state index contributed by atoms with van der Waals surface area (Å²) in [6.45, 7) is 7.37. The first kappa shape index (κ1) is 26.6. The van der Waals surface area contributed by atoms with Crippen LogP contribution in [0.15, 0.2) is 48.7 Å². The minimum atomic E-state index is -0.967. The van der Waals surface area contributed by atoms with E-state index in [9.17, 15) is 14.4 Å². The van der Waals surface area contributed by atoms with Crippen LogP contribution in [0.25, 0.3) is 0 Å². The van der Waals surface area contributed by atoms with Crippen molar-refractivity contribution in [3.05, 3.63) is 59.9 Å². The molecule has 37 heavy (non-hydrogen) atoms. The van der Waals surface area contributed by atoms with Gasteiger partial charge in [-0.1, -0.05) is 32.9 Å². The van der Waals surface area contributed by atoms with Crippen molar-refractivity contribution in [3.8, 4) is 5.75 Å². The fourth-order valence-electron chi connectivity index (χ4n) is 4.93. The lowest BCUT2D eigenvalue weighted by Gasteiger charge is -2.44. The number of nitrogens with zero attached hydrogens (tertiary/aromatic N) is 3. The number of methoxy groups -OCH3 is 1. The Morgan fingerprint density at radius 2 is 1.89 bits per heavy atom. The van der Waals surface area contributed by atoms with Gasteiger partial charge in [0.15, 0.2) is 0 Å². The first-order valence-electron chi connectivity index (χ1n) is 12.7. The van der Waals surface area contributed by atoms with E-state index in [1.807, 2.05) is 43.9 Å². The predicted octanol–water partition coefficient (Wildman–Crippen LogP) is 3.00. The molecule has 1 atom stereocenters. The van der Waals surface area contributed by atoms with Gasteiger partial charge in [0.05, 0.1) is 26.0 Å². The van der Waals surface area contributed by atoms with Gasteiger partial charge in [0.1, 0.15) is 17.5 Å². The van der Waals surface area contributed by atoms with Crippen molar-refractivity contribution in [1.29, 1.82) is 0 Å². The van der Waals surface area contributed by atoms with Crippen LogP contribution in [0.3, 0.4) is 0 Å². The molecule has 3 heterocycles. The van der Waals surface area contributed by atoms with Gasteiger partial charge in [-0.25, -0.2) is 0 Å². The fourth-order valence-corrected chi connectivity index (χ4v) is 4.93. The second-order valence-corrected chi connectivity index (χ2v) is 10.8. The molecule has 2 saturated heterocycles. The smallest absolute Gasteiger partial charge is 0.257 e. The first-order valence-corrected chi connectivity index (χ1v) is 12.7. The van der Waals surface area contributed by atoms with E-state index in [1.54, 1.807) is 42.5 Å². The summed E-state index contributed by atoms with van der Waals surface area (Å²) in [5.74, 6) is 0.0447. The van der Waals surface area contributed by atoms with E-state index < -0.39 is 11.8 Å². The maximum atomic E-state index is 13.9. The number of benzene rings is 1. The molecule has 198 valence electrons. The maximum Gasteiger partial charge on any atom is 0.257 e. The lowest BCUT2D eigenvalue weighted by Crippen LogP contribution is -2.59. The van der Waals surface area contributed by atoms with Crippen molar-refractivity contribution in [2.24, 2.45) is 5.41 Å². The Morgan fingerprint density at radius 3 is 2.54 bits per heavy atom. The Morgan fingerprint density at radius 1 is 1.14 bits per heavy atom. The van der Waals surface area contributed by atoms with Gasteiger partial charge in [0.2, 0.25) is 11.8 Å². The fraction of sp³-hybridized carbons (Fsp3) is 0.500. The Labute approximate surface area is 218 Å². The standard InChI is InChI=1S/C28H36N4O5/c1-27(2,3)17-24(33)31-14-11-28(12-15-31)32(26(35)20-8-7-10-22(16-20)36-4)23(19-37-28)25(34)30-18-21-9-5-6-13-29-21/h5-10,13,16,23H,11-12,14-15,17-19H2,1-4H3,(H,30,34)/t23-/m1/s1. The highest BCUT2D eigenvalue weighted by Crippen LogP contribution is 2.39. The number of likely N-dealkylation sites (tertiary alicyclic amines) is 1. The number of piperidine rings is 1. The van der Waals surface area contributed by atoms with Gasteiger partial charge in [-0.05, 0) is 35.7 Å². The summed E-state index contributed by atoms with van der Waals surface area (Å²) in [5.41, 5.74) is 0.0613. The molecule has 4 rings (SSSR count). The number of aromatic nitrogens is 1. The Kier molecular flexibility index (Phi) is 7.82. The number of amides is 3. The zero-order valence-electron chi connectivity index (χ0n) is 22.0. The Hall–Kier alpha value is -3.46. The Bertz CT molecular complexity index is 1120. The van der Waals surface area contributed by atoms with Crippen molar-refractivity contribution in [2.75, 3.05) is 26.8 Å². The average molecular weight is 509 g/mol. The third-order valence-electron chi connectivity index (χ3n) is 6.85. The molecule has 2 aliphatic rings. The normalized spacial score (nSPS) is 19.1. The van der Waals surface area contributed by atoms with Crippen LogP contribution in [0, 0.1) is 5.41 Å². The predicted molar refractivity (Wildman–Crippen MR) is 138 cm³/mol. The molecule has 1 aromatic heterocycles. The SMILES string of the molecule is COc1cccc(C(=O)N2[C@@H](C(=O)NCc3ccccn3)COC23CCN(C(=O)CC(C)(C)C)CC3)c1. The molecule has 1 aromatic carbocycles. The highest BCUT2D eigenvalue weighted by Gasteiger charge is 2.54. The second-order valence-electron chi connectivity index (χ2n) is 10.8. The summed E-state index contributed by atoms with van der Waals surface area (Å²) in [7, 11) is 1.54. The lowest BCUT2D eigenvalue weighted by atomic mass is 9.90. The van der Waals surface area contributed by atoms with Crippen LogP contribution < -0.4 is 10.1 Å². The van der Waals surface area contributed by atoms with Gasteiger partial charge in [-0.15, -0.1) is 0 Å². The van der Waals surface area contributed by atoms with Gasteiger partial charge in [0, 0.05) is 44.1 Å². The molecule has 2 fully saturated rings. The molecule has 1 spiro atoms. The number of carbonyl (C=O) groups excluding carboxylic acids is 3. The molecule has 2 aromatic rings. The third-order valence-corrected chi connectivity index (χ3v) is 6.85. The number of hydrogen-bond acceptors (Lipinski definition) is 6. The number of ether oxygens (including phenoxy) is 2. The van der Waals surface area contributed by atoms with E-state index in [-0.39, 0.29) is 36.3 Å². The van der Waals surface area contributed by atoms with Crippen LogP contribution in [-0.2, 0) is 20.9 Å². The van der Waals surface area contributed by atoms with E-state index in [2.05, 4.69) is 10.3 Å². The van der Waals surface area contributed by atoms with E-state index in [0.717, 1.165) is 5.69 Å². The van der Waals surface area contributed by atoms with Gasteiger partial charge >= 0.3 is 0 Å². The zero-order chi connectivity index (χ0) is 26.6. The largest absolute Gasteiger partial charge is 0.497 e. The lowest BCUT2D eigenvalue weighted by molar-refractivity contribution is -0.145. The molecule has 0 radical (unpaired) electrons. The minimum Gasteiger partial charge on any atom is -0.497 e. The zero-order valence-corrected chi connectivity index (χ0v) is 22.0. The van der Waals surface area contributed by atoms with E-state index in [1.165, 1.54) is 0 Å². The van der Waals surface area contributed by atoms with Crippen LogP contribution in [-0.4, -0.2) is 71.1 Å². The summed E-state index contributed by atoms with van der Waals surface area (Å²) < 4.78 is 11.6. The van der Waals surface area contributed by atoms with Gasteiger partial charge in [-0.2, -0.15) is 0 Å². The summed E-state index contributed by atoms with van der Waals surface area (Å²) >= 11 is 0. The van der Waals surface area contributed by atoms with Crippen molar-refractivity contribution in [1.82, 2.24) is 20.1 Å². The summed E-state index contributed by atoms with van der Waals surface area (Å²) in [5, 5.41) is 2.91. The molecule has 1 N–H and O–H groups in total. The monoisotopic (exact) mass is 508 g/mol. The molecular formula is C28H36N4O5. The van der Waals surface area contributed by atoms with Crippen molar-refractivity contribution in [3.63, 3.8) is 0 Å². The highest BCUT2D eigenvalue weighted by atomic mass is 16.5. The van der Waals surface area contributed by atoms with Gasteiger partial charge < -0.3 is 19.7 Å². The van der Waals surface area contributed by atoms with E-state index >= 15 is 0 Å². The Balaban J connectivity index is 1.56. The minimum absolute atomic E-state index is 0.0830. The van der Waals surface area contributed by atoms with Crippen molar-refractivity contribution < 1.29 is 23.9 Å². The second kappa shape index (κ2) is 10.9. The van der Waals surface area contributed by atoms with Gasteiger partial charge in [-0.3, -0.25) is 24.3 Å². The molecule has 0 unspecified atom stereocenters. The van der Waals surface area contributed by atoms with Crippen molar-refractivity contribution in [2.45, 2.75) is 58.3 Å². The van der Waals surface area contributed by atoms with Crippen LogP contribution in [0.1, 0.15) is 56.1 Å². The quantitative estimate of drug-likeness (QED) is 0.644. The average Bonchev–Trinajstić information content (AvgIpc) is 3.25. The first-order chi connectivity index (χ1) is 17.6. The van der Waals surface area contributed by atoms with Gasteiger partial charge in [0.25, 0.3) is 5.91 Å². The molecule has 3 amide bonds. The number of nitrogens with one attached hydrogen (secondary N) is 1. The molecule has 2 aliphatic heterocycles. The van der Waals surface area contributed by atoms with E-state index in [4.69, 9.17) is 9.47 Å². The topological polar surface area (TPSA) is 101 Å². The molecular weight excluding hydrogens is 472 g/mol. The number of carbonyl (C=O) groups is 3. The number of rotatable bonds is 6. The van der Waals surface area contributed by atoms with E-state index in [0.29, 0.717) is 43.7 Å². The molecule has 9 nitrogen and oxygen atoms in total. The molecule has 0 aliphatic carbocycles. The number of pyridine rings is 1. The molecule has 9 heteroatoms. The number of hydrogen-bond donors (Lipinski definition) is 1. The summed E-state index contributed by atoms with van der Waals surface area (Å²) in [6.07, 6.45) is 2.99.